The number of nitrogens with zero attached hydrogens (tertiary/aromatic N) is 1. The minimum absolute atomic E-state index is 0.0522. The Morgan fingerprint density at radius 1 is 1.26 bits per heavy atom. The fourth-order valence-corrected chi connectivity index (χ4v) is 6.69. The number of carbonyl (C=O) groups is 3. The van der Waals surface area contributed by atoms with Gasteiger partial charge < -0.3 is 10.1 Å². The van der Waals surface area contributed by atoms with Crippen LogP contribution in [0.2, 0.25) is 5.02 Å². The van der Waals surface area contributed by atoms with Crippen molar-refractivity contribution in [1.82, 2.24) is 4.90 Å². The first-order chi connectivity index (χ1) is 16.4. The molecule has 178 valence electrons. The Morgan fingerprint density at radius 3 is 2.79 bits per heavy atom. The number of benzene rings is 1. The van der Waals surface area contributed by atoms with Crippen LogP contribution in [0.3, 0.4) is 0 Å². The first-order valence-corrected chi connectivity index (χ1v) is 13.4. The van der Waals surface area contributed by atoms with Gasteiger partial charge >= 0.3 is 5.97 Å². The van der Waals surface area contributed by atoms with Gasteiger partial charge in [0.15, 0.2) is 0 Å². The van der Waals surface area contributed by atoms with Crippen LogP contribution < -0.4 is 5.32 Å². The number of rotatable bonds is 7. The third-order valence-corrected chi connectivity index (χ3v) is 8.46. The van der Waals surface area contributed by atoms with E-state index in [-0.39, 0.29) is 31.4 Å². The Kier molecular flexibility index (Phi) is 8.08. The first kappa shape index (κ1) is 24.9. The zero-order chi connectivity index (χ0) is 24.2. The molecule has 2 aliphatic rings. The number of thioether (sulfide) groups is 1. The van der Waals surface area contributed by atoms with Gasteiger partial charge in [-0.05, 0) is 55.9 Å². The van der Waals surface area contributed by atoms with E-state index in [9.17, 15) is 14.4 Å². The van der Waals surface area contributed by atoms with Gasteiger partial charge in [0, 0.05) is 22.9 Å². The van der Waals surface area contributed by atoms with Crippen LogP contribution in [0, 0.1) is 0 Å². The van der Waals surface area contributed by atoms with E-state index >= 15 is 0 Å². The van der Waals surface area contributed by atoms with E-state index in [4.69, 9.17) is 28.6 Å². The number of amides is 2. The first-order valence-electron chi connectivity index (χ1n) is 11.0. The highest BCUT2D eigenvalue weighted by Gasteiger charge is 2.33. The predicted molar refractivity (Wildman–Crippen MR) is 141 cm³/mol. The number of nitrogens with one attached hydrogen (secondary N) is 1. The summed E-state index contributed by atoms with van der Waals surface area (Å²) in [6.45, 7) is 2.18. The summed E-state index contributed by atoms with van der Waals surface area (Å²) in [5.74, 6) is -0.936. The second-order valence-electron chi connectivity index (χ2n) is 7.79. The SMILES string of the molecule is CCOC(=O)c1c(NC(=O)CCN2C(=O)C(=Cc3ccccc3Cl)SC2=S)sc2c1CCCC2. The molecule has 1 aromatic heterocycles. The second kappa shape index (κ2) is 11.0. The highest BCUT2D eigenvalue weighted by atomic mass is 35.5. The molecule has 2 heterocycles. The van der Waals surface area contributed by atoms with Crippen molar-refractivity contribution in [3.8, 4) is 0 Å². The molecule has 34 heavy (non-hydrogen) atoms. The lowest BCUT2D eigenvalue weighted by Gasteiger charge is -2.14. The van der Waals surface area contributed by atoms with Crippen molar-refractivity contribution in [2.75, 3.05) is 18.5 Å². The summed E-state index contributed by atoms with van der Waals surface area (Å²) in [6.07, 6.45) is 5.56. The summed E-state index contributed by atoms with van der Waals surface area (Å²) in [5, 5.41) is 3.95. The smallest absolute Gasteiger partial charge is 0.341 e. The number of thiocarbonyl (C=S) groups is 1. The molecule has 4 rings (SSSR count). The molecule has 1 N–H and O–H groups in total. The third-order valence-electron chi connectivity index (χ3n) is 5.53. The highest BCUT2D eigenvalue weighted by Crippen LogP contribution is 2.39. The van der Waals surface area contributed by atoms with Gasteiger partial charge in [-0.1, -0.05) is 53.8 Å². The number of esters is 1. The monoisotopic (exact) mass is 534 g/mol. The summed E-state index contributed by atoms with van der Waals surface area (Å²) in [7, 11) is 0. The molecule has 0 bridgehead atoms. The molecule has 2 aromatic rings. The zero-order valence-electron chi connectivity index (χ0n) is 18.5. The van der Waals surface area contributed by atoms with Crippen molar-refractivity contribution in [2.45, 2.75) is 39.0 Å². The Hall–Kier alpha value is -2.20. The molecule has 2 amide bonds. The summed E-state index contributed by atoms with van der Waals surface area (Å²) in [5.41, 5.74) is 2.20. The summed E-state index contributed by atoms with van der Waals surface area (Å²) < 4.78 is 5.64. The number of ether oxygens (including phenoxy) is 1. The molecule has 0 spiro atoms. The van der Waals surface area contributed by atoms with Crippen LogP contribution in [0.5, 0.6) is 0 Å². The highest BCUT2D eigenvalue weighted by molar-refractivity contribution is 8.26. The van der Waals surface area contributed by atoms with E-state index in [1.54, 1.807) is 19.1 Å². The zero-order valence-corrected chi connectivity index (χ0v) is 21.7. The van der Waals surface area contributed by atoms with E-state index in [1.165, 1.54) is 28.0 Å². The fourth-order valence-electron chi connectivity index (χ4n) is 3.90. The van der Waals surface area contributed by atoms with Gasteiger partial charge in [0.2, 0.25) is 5.91 Å². The van der Waals surface area contributed by atoms with Crippen LogP contribution in [0.25, 0.3) is 6.08 Å². The van der Waals surface area contributed by atoms with Gasteiger partial charge in [0.05, 0.1) is 17.1 Å². The summed E-state index contributed by atoms with van der Waals surface area (Å²) >= 11 is 14.2. The normalized spacial score (nSPS) is 16.6. The standard InChI is InChI=1S/C24H23ClN2O4S3/c1-2-31-23(30)20-15-8-4-6-10-17(15)33-21(20)26-19(28)11-12-27-22(29)18(34-24(27)32)13-14-7-3-5-9-16(14)25/h3,5,7,9,13H,2,4,6,8,10-12H2,1H3,(H,26,28). The summed E-state index contributed by atoms with van der Waals surface area (Å²) in [6, 6.07) is 7.24. The number of hydrogen-bond acceptors (Lipinski definition) is 7. The van der Waals surface area contributed by atoms with Crippen molar-refractivity contribution < 1.29 is 19.1 Å². The number of carbonyl (C=O) groups excluding carboxylic acids is 3. The van der Waals surface area contributed by atoms with Crippen molar-refractivity contribution in [1.29, 1.82) is 0 Å². The predicted octanol–water partition coefficient (Wildman–Crippen LogP) is 5.69. The van der Waals surface area contributed by atoms with Gasteiger partial charge in [0.25, 0.3) is 5.91 Å². The van der Waals surface area contributed by atoms with Gasteiger partial charge in [0.1, 0.15) is 9.32 Å². The van der Waals surface area contributed by atoms with Gasteiger partial charge in [-0.3, -0.25) is 14.5 Å². The minimum atomic E-state index is -0.404. The number of fused-ring (bicyclic) bond motifs is 1. The largest absolute Gasteiger partial charge is 0.462 e. The number of halogens is 1. The molecule has 1 aromatic carbocycles. The number of thiophene rings is 1. The average Bonchev–Trinajstić information content (AvgIpc) is 3.30. The van der Waals surface area contributed by atoms with Gasteiger partial charge in [-0.25, -0.2) is 4.79 Å². The molecule has 0 radical (unpaired) electrons. The molecule has 0 saturated carbocycles. The molecule has 1 aliphatic heterocycles. The van der Waals surface area contributed by atoms with Crippen molar-refractivity contribution >= 4 is 80.1 Å². The van der Waals surface area contributed by atoms with Crippen LogP contribution >= 0.6 is 46.9 Å². The maximum absolute atomic E-state index is 12.9. The molecule has 0 atom stereocenters. The number of aryl methyl sites for hydroxylation is 1. The van der Waals surface area contributed by atoms with E-state index in [0.29, 0.717) is 24.8 Å². The van der Waals surface area contributed by atoms with Crippen LogP contribution in [0.15, 0.2) is 29.2 Å². The van der Waals surface area contributed by atoms with Gasteiger partial charge in [-0.15, -0.1) is 11.3 Å². The molecule has 1 fully saturated rings. The Balaban J connectivity index is 1.43. The lowest BCUT2D eigenvalue weighted by molar-refractivity contribution is -0.122. The Morgan fingerprint density at radius 2 is 2.03 bits per heavy atom. The van der Waals surface area contributed by atoms with E-state index in [0.717, 1.165) is 41.7 Å². The molecule has 6 nitrogen and oxygen atoms in total. The molecule has 1 aliphatic carbocycles. The lowest BCUT2D eigenvalue weighted by Crippen LogP contribution is -2.31. The van der Waals surface area contributed by atoms with Gasteiger partial charge in [-0.2, -0.15) is 0 Å². The third kappa shape index (κ3) is 5.38. The maximum atomic E-state index is 12.9. The quantitative estimate of drug-likeness (QED) is 0.279. The molecule has 0 unspecified atom stereocenters. The van der Waals surface area contributed by atoms with E-state index < -0.39 is 5.97 Å². The second-order valence-corrected chi connectivity index (χ2v) is 11.0. The maximum Gasteiger partial charge on any atom is 0.341 e. The van der Waals surface area contributed by atoms with Crippen LogP contribution in [-0.4, -0.2) is 40.2 Å². The molecular weight excluding hydrogens is 512 g/mol. The molecule has 10 heteroatoms. The Bertz CT molecular complexity index is 1190. The van der Waals surface area contributed by atoms with Crippen LogP contribution in [-0.2, 0) is 27.2 Å². The lowest BCUT2D eigenvalue weighted by atomic mass is 9.95. The topological polar surface area (TPSA) is 75.7 Å². The van der Waals surface area contributed by atoms with Crippen molar-refractivity contribution in [3.63, 3.8) is 0 Å². The minimum Gasteiger partial charge on any atom is -0.462 e. The van der Waals surface area contributed by atoms with E-state index in [2.05, 4.69) is 5.32 Å². The van der Waals surface area contributed by atoms with Crippen molar-refractivity contribution in [2.24, 2.45) is 0 Å². The van der Waals surface area contributed by atoms with E-state index in [1.807, 2.05) is 18.2 Å². The molecular formula is C24H23ClN2O4S3. The van der Waals surface area contributed by atoms with Crippen LogP contribution in [0.4, 0.5) is 5.00 Å². The molecule has 1 saturated heterocycles. The summed E-state index contributed by atoms with van der Waals surface area (Å²) in [4.78, 5) is 41.2. The number of hydrogen-bond donors (Lipinski definition) is 1. The van der Waals surface area contributed by atoms with Crippen LogP contribution in [0.1, 0.15) is 52.5 Å². The average molecular weight is 535 g/mol. The fraction of sp³-hybridized carbons (Fsp3) is 0.333. The van der Waals surface area contributed by atoms with Crippen molar-refractivity contribution in [3.05, 3.63) is 55.8 Å². The number of anilines is 1. The Labute approximate surface area is 216 Å².